The molecule has 0 saturated carbocycles. The Labute approximate surface area is 146 Å². The number of aromatic nitrogens is 2. The number of carbonyl (C=O) groups excluding carboxylic acids is 2. The molecule has 1 N–H and O–H groups in total. The number of rotatable bonds is 8. The van der Waals surface area contributed by atoms with Gasteiger partial charge in [-0.05, 0) is 17.9 Å². The molecule has 5 nitrogen and oxygen atoms in total. The van der Waals surface area contributed by atoms with Crippen molar-refractivity contribution in [3.8, 4) is 0 Å². The second kappa shape index (κ2) is 8.68. The second-order valence-corrected chi connectivity index (χ2v) is 7.18. The molecule has 0 bridgehead atoms. The number of anilines is 1. The van der Waals surface area contributed by atoms with Crippen molar-refractivity contribution in [2.45, 2.75) is 46.5 Å². The Bertz CT molecular complexity index is 693. The molecule has 2 aromatic rings. The summed E-state index contributed by atoms with van der Waals surface area (Å²) in [5, 5.41) is 12.1. The molecule has 0 aliphatic carbocycles. The minimum atomic E-state index is -0.208. The molecule has 1 aromatic heterocycles. The highest BCUT2D eigenvalue weighted by Crippen LogP contribution is 2.18. The lowest BCUT2D eigenvalue weighted by molar-refractivity contribution is -0.116. The standard InChI is InChI=1S/C18H23N3O2S/c1-4-13-5-7-14(8-6-13)15(22)9-10-16(23)19-18-21-20-17(24-18)11-12(2)3/h5-8,12H,4,9-11H2,1-3H3,(H,19,21,23). The van der Waals surface area contributed by atoms with Crippen LogP contribution in [-0.4, -0.2) is 21.9 Å². The molecule has 1 aromatic carbocycles. The molecular weight excluding hydrogens is 322 g/mol. The zero-order valence-electron chi connectivity index (χ0n) is 14.3. The summed E-state index contributed by atoms with van der Waals surface area (Å²) in [6.45, 7) is 6.29. The van der Waals surface area contributed by atoms with Crippen LogP contribution in [0.3, 0.4) is 0 Å². The zero-order chi connectivity index (χ0) is 17.5. The zero-order valence-corrected chi connectivity index (χ0v) is 15.2. The molecular formula is C18H23N3O2S. The molecule has 0 fully saturated rings. The summed E-state index contributed by atoms with van der Waals surface area (Å²) in [5.41, 5.74) is 1.84. The highest BCUT2D eigenvalue weighted by atomic mass is 32.1. The predicted molar refractivity (Wildman–Crippen MR) is 96.5 cm³/mol. The molecule has 6 heteroatoms. The van der Waals surface area contributed by atoms with Crippen molar-refractivity contribution in [3.05, 3.63) is 40.4 Å². The van der Waals surface area contributed by atoms with Crippen molar-refractivity contribution in [3.63, 3.8) is 0 Å². The number of aryl methyl sites for hydroxylation is 1. The molecule has 2 rings (SSSR count). The summed E-state index contributed by atoms with van der Waals surface area (Å²) in [6, 6.07) is 7.54. The normalized spacial score (nSPS) is 10.8. The summed E-state index contributed by atoms with van der Waals surface area (Å²) in [5.74, 6) is 0.268. The number of benzene rings is 1. The van der Waals surface area contributed by atoms with E-state index in [1.165, 1.54) is 16.9 Å². The maximum absolute atomic E-state index is 12.1. The summed E-state index contributed by atoms with van der Waals surface area (Å²) in [7, 11) is 0. The lowest BCUT2D eigenvalue weighted by Gasteiger charge is -2.03. The molecule has 24 heavy (non-hydrogen) atoms. The summed E-state index contributed by atoms with van der Waals surface area (Å²) in [4.78, 5) is 24.1. The molecule has 1 heterocycles. The maximum atomic E-state index is 12.1. The number of ketones is 1. The first-order valence-electron chi connectivity index (χ1n) is 8.22. The number of carbonyl (C=O) groups is 2. The number of Topliss-reactive ketones (excluding diaryl/α,β-unsaturated/α-hetero) is 1. The monoisotopic (exact) mass is 345 g/mol. The average molecular weight is 345 g/mol. The van der Waals surface area contributed by atoms with E-state index < -0.39 is 0 Å². The van der Waals surface area contributed by atoms with E-state index in [1.54, 1.807) is 0 Å². The Kier molecular flexibility index (Phi) is 6.61. The van der Waals surface area contributed by atoms with Gasteiger partial charge in [-0.2, -0.15) is 0 Å². The van der Waals surface area contributed by atoms with E-state index in [9.17, 15) is 9.59 Å². The van der Waals surface area contributed by atoms with Gasteiger partial charge in [-0.3, -0.25) is 9.59 Å². The number of hydrogen-bond donors (Lipinski definition) is 1. The van der Waals surface area contributed by atoms with Gasteiger partial charge in [-0.15, -0.1) is 10.2 Å². The largest absolute Gasteiger partial charge is 0.301 e. The number of amides is 1. The molecule has 128 valence electrons. The molecule has 0 radical (unpaired) electrons. The maximum Gasteiger partial charge on any atom is 0.226 e. The van der Waals surface area contributed by atoms with Crippen molar-refractivity contribution >= 4 is 28.2 Å². The fraction of sp³-hybridized carbons (Fsp3) is 0.444. The highest BCUT2D eigenvalue weighted by molar-refractivity contribution is 7.15. The Morgan fingerprint density at radius 2 is 1.83 bits per heavy atom. The van der Waals surface area contributed by atoms with Gasteiger partial charge in [0.1, 0.15) is 5.01 Å². The van der Waals surface area contributed by atoms with Gasteiger partial charge in [0.15, 0.2) is 5.78 Å². The third-order valence-electron chi connectivity index (χ3n) is 3.56. The summed E-state index contributed by atoms with van der Waals surface area (Å²) >= 11 is 1.39. The fourth-order valence-corrected chi connectivity index (χ4v) is 3.18. The van der Waals surface area contributed by atoms with E-state index in [4.69, 9.17) is 0 Å². The third-order valence-corrected chi connectivity index (χ3v) is 4.42. The van der Waals surface area contributed by atoms with Gasteiger partial charge in [0.05, 0.1) is 0 Å². The second-order valence-electron chi connectivity index (χ2n) is 6.12. The summed E-state index contributed by atoms with van der Waals surface area (Å²) < 4.78 is 0. The molecule has 0 aliphatic rings. The van der Waals surface area contributed by atoms with Crippen LogP contribution >= 0.6 is 11.3 Å². The van der Waals surface area contributed by atoms with Crippen LogP contribution in [0.5, 0.6) is 0 Å². The lowest BCUT2D eigenvalue weighted by Crippen LogP contribution is -2.13. The Balaban J connectivity index is 1.81. The smallest absolute Gasteiger partial charge is 0.226 e. The van der Waals surface area contributed by atoms with E-state index in [0.29, 0.717) is 16.6 Å². The van der Waals surface area contributed by atoms with Crippen LogP contribution in [0.15, 0.2) is 24.3 Å². The van der Waals surface area contributed by atoms with Crippen molar-refractivity contribution < 1.29 is 9.59 Å². The number of nitrogens with zero attached hydrogens (tertiary/aromatic N) is 2. The lowest BCUT2D eigenvalue weighted by atomic mass is 10.0. The van der Waals surface area contributed by atoms with Crippen LogP contribution in [0.25, 0.3) is 0 Å². The Morgan fingerprint density at radius 3 is 2.46 bits per heavy atom. The topological polar surface area (TPSA) is 72.0 Å². The van der Waals surface area contributed by atoms with E-state index in [1.807, 2.05) is 24.3 Å². The first kappa shape index (κ1) is 18.3. The van der Waals surface area contributed by atoms with Crippen molar-refractivity contribution in [1.82, 2.24) is 10.2 Å². The number of hydrogen-bond acceptors (Lipinski definition) is 5. The molecule has 0 aliphatic heterocycles. The molecule has 0 unspecified atom stereocenters. The quantitative estimate of drug-likeness (QED) is 0.737. The van der Waals surface area contributed by atoms with Gasteiger partial charge in [-0.1, -0.05) is 56.4 Å². The van der Waals surface area contributed by atoms with Crippen LogP contribution in [0.2, 0.25) is 0 Å². The van der Waals surface area contributed by atoms with Crippen LogP contribution < -0.4 is 5.32 Å². The minimum Gasteiger partial charge on any atom is -0.301 e. The first-order chi connectivity index (χ1) is 11.5. The van der Waals surface area contributed by atoms with Gasteiger partial charge >= 0.3 is 0 Å². The van der Waals surface area contributed by atoms with Crippen LogP contribution in [0, 0.1) is 5.92 Å². The minimum absolute atomic E-state index is 0.0226. The predicted octanol–water partition coefficient (Wildman–Crippen LogP) is 3.90. The van der Waals surface area contributed by atoms with E-state index in [2.05, 4.69) is 36.3 Å². The van der Waals surface area contributed by atoms with Crippen LogP contribution in [0.4, 0.5) is 5.13 Å². The van der Waals surface area contributed by atoms with E-state index >= 15 is 0 Å². The first-order valence-corrected chi connectivity index (χ1v) is 9.04. The Hall–Kier alpha value is -2.08. The van der Waals surface area contributed by atoms with E-state index in [0.717, 1.165) is 17.8 Å². The van der Waals surface area contributed by atoms with Gasteiger partial charge in [-0.25, -0.2) is 0 Å². The fourth-order valence-electron chi connectivity index (χ4n) is 2.22. The number of nitrogens with one attached hydrogen (secondary N) is 1. The Morgan fingerprint density at radius 1 is 1.12 bits per heavy atom. The van der Waals surface area contributed by atoms with Crippen molar-refractivity contribution in [2.24, 2.45) is 5.92 Å². The van der Waals surface area contributed by atoms with Gasteiger partial charge in [0.25, 0.3) is 0 Å². The van der Waals surface area contributed by atoms with Crippen molar-refractivity contribution in [1.29, 1.82) is 0 Å². The molecule has 0 spiro atoms. The third kappa shape index (κ3) is 5.53. The summed E-state index contributed by atoms with van der Waals surface area (Å²) in [6.07, 6.45) is 2.12. The van der Waals surface area contributed by atoms with Crippen molar-refractivity contribution in [2.75, 3.05) is 5.32 Å². The van der Waals surface area contributed by atoms with Gasteiger partial charge in [0, 0.05) is 24.8 Å². The average Bonchev–Trinajstić information content (AvgIpc) is 2.98. The highest BCUT2D eigenvalue weighted by Gasteiger charge is 2.12. The molecule has 1 amide bonds. The SMILES string of the molecule is CCc1ccc(C(=O)CCC(=O)Nc2nnc(CC(C)C)s2)cc1. The van der Waals surface area contributed by atoms with E-state index in [-0.39, 0.29) is 24.5 Å². The van der Waals surface area contributed by atoms with Crippen LogP contribution in [0.1, 0.15) is 54.5 Å². The van der Waals surface area contributed by atoms with Crippen LogP contribution in [-0.2, 0) is 17.6 Å². The van der Waals surface area contributed by atoms with Gasteiger partial charge in [0.2, 0.25) is 11.0 Å². The van der Waals surface area contributed by atoms with Gasteiger partial charge < -0.3 is 5.32 Å². The molecule has 0 atom stereocenters. The molecule has 0 saturated heterocycles.